The van der Waals surface area contributed by atoms with Crippen molar-refractivity contribution < 1.29 is 14.2 Å². The lowest BCUT2D eigenvalue weighted by atomic mass is 9.96. The van der Waals surface area contributed by atoms with Gasteiger partial charge in [0, 0.05) is 5.56 Å². The SMILES string of the molecule is [CH2]CC(O)c1cccc(Oc2ccccc2F)c1C1CC1. The van der Waals surface area contributed by atoms with Gasteiger partial charge < -0.3 is 9.84 Å². The van der Waals surface area contributed by atoms with E-state index in [1.54, 1.807) is 18.2 Å². The van der Waals surface area contributed by atoms with E-state index in [1.165, 1.54) is 6.07 Å². The van der Waals surface area contributed by atoms with Gasteiger partial charge in [-0.15, -0.1) is 0 Å². The van der Waals surface area contributed by atoms with Crippen molar-refractivity contribution in [2.75, 3.05) is 0 Å². The molecule has 0 heterocycles. The minimum Gasteiger partial charge on any atom is -0.454 e. The first-order chi connectivity index (χ1) is 10.2. The largest absolute Gasteiger partial charge is 0.454 e. The molecule has 0 aliphatic heterocycles. The number of ether oxygens (including phenoxy) is 1. The highest BCUT2D eigenvalue weighted by Crippen LogP contribution is 2.48. The van der Waals surface area contributed by atoms with Crippen LogP contribution in [0, 0.1) is 12.7 Å². The summed E-state index contributed by atoms with van der Waals surface area (Å²) in [6.07, 6.45) is 1.95. The Kier molecular flexibility index (Phi) is 3.93. The van der Waals surface area contributed by atoms with E-state index in [9.17, 15) is 9.50 Å². The zero-order chi connectivity index (χ0) is 14.8. The van der Waals surface area contributed by atoms with Crippen molar-refractivity contribution in [2.45, 2.75) is 31.3 Å². The van der Waals surface area contributed by atoms with Gasteiger partial charge in [-0.3, -0.25) is 0 Å². The van der Waals surface area contributed by atoms with Gasteiger partial charge in [0.2, 0.25) is 0 Å². The number of aliphatic hydroxyl groups excluding tert-OH is 1. The van der Waals surface area contributed by atoms with E-state index in [-0.39, 0.29) is 11.6 Å². The van der Waals surface area contributed by atoms with Gasteiger partial charge in [-0.05, 0) is 48.9 Å². The van der Waals surface area contributed by atoms with Gasteiger partial charge in [-0.2, -0.15) is 0 Å². The first-order valence-electron chi connectivity index (χ1n) is 7.23. The van der Waals surface area contributed by atoms with Gasteiger partial charge in [-0.25, -0.2) is 4.39 Å². The van der Waals surface area contributed by atoms with Gasteiger partial charge in [0.15, 0.2) is 11.6 Å². The van der Waals surface area contributed by atoms with E-state index in [4.69, 9.17) is 4.74 Å². The molecule has 109 valence electrons. The van der Waals surface area contributed by atoms with Crippen LogP contribution >= 0.6 is 0 Å². The maximum absolute atomic E-state index is 13.8. The van der Waals surface area contributed by atoms with Gasteiger partial charge in [0.25, 0.3) is 0 Å². The summed E-state index contributed by atoms with van der Waals surface area (Å²) in [6.45, 7) is 3.76. The molecule has 0 spiro atoms. The Labute approximate surface area is 124 Å². The van der Waals surface area contributed by atoms with Crippen molar-refractivity contribution in [3.8, 4) is 11.5 Å². The van der Waals surface area contributed by atoms with Gasteiger partial charge in [-0.1, -0.05) is 31.2 Å². The number of aliphatic hydroxyl groups is 1. The molecule has 1 atom stereocenters. The molecule has 0 bridgehead atoms. The van der Waals surface area contributed by atoms with Gasteiger partial charge >= 0.3 is 0 Å². The second-order valence-electron chi connectivity index (χ2n) is 5.37. The van der Waals surface area contributed by atoms with Gasteiger partial charge in [0.05, 0.1) is 6.10 Å². The topological polar surface area (TPSA) is 29.5 Å². The first-order valence-corrected chi connectivity index (χ1v) is 7.23. The molecule has 1 unspecified atom stereocenters. The van der Waals surface area contributed by atoms with Crippen LogP contribution in [0.1, 0.15) is 42.4 Å². The highest BCUT2D eigenvalue weighted by atomic mass is 19.1. The van der Waals surface area contributed by atoms with Crippen LogP contribution in [0.5, 0.6) is 11.5 Å². The van der Waals surface area contributed by atoms with Crippen LogP contribution in [0.25, 0.3) is 0 Å². The molecule has 1 aliphatic rings. The maximum atomic E-state index is 13.8. The highest BCUT2D eigenvalue weighted by molar-refractivity contribution is 5.48. The molecular formula is C18H18FO2. The van der Waals surface area contributed by atoms with Crippen LogP contribution in [-0.4, -0.2) is 5.11 Å². The molecule has 1 N–H and O–H groups in total. The van der Waals surface area contributed by atoms with E-state index in [0.717, 1.165) is 24.0 Å². The summed E-state index contributed by atoms with van der Waals surface area (Å²) in [7, 11) is 0. The Morgan fingerprint density at radius 1 is 1.14 bits per heavy atom. The number of hydrogen-bond donors (Lipinski definition) is 1. The average Bonchev–Trinajstić information content (AvgIpc) is 3.33. The maximum Gasteiger partial charge on any atom is 0.165 e. The fourth-order valence-corrected chi connectivity index (χ4v) is 2.55. The molecular weight excluding hydrogens is 267 g/mol. The third-order valence-electron chi connectivity index (χ3n) is 3.77. The van der Waals surface area contributed by atoms with Crippen molar-refractivity contribution in [2.24, 2.45) is 0 Å². The summed E-state index contributed by atoms with van der Waals surface area (Å²) >= 11 is 0. The summed E-state index contributed by atoms with van der Waals surface area (Å²) in [5.41, 5.74) is 1.85. The Hall–Kier alpha value is -1.87. The molecule has 1 saturated carbocycles. The molecule has 0 saturated heterocycles. The molecule has 1 radical (unpaired) electrons. The molecule has 1 aliphatic carbocycles. The summed E-state index contributed by atoms with van der Waals surface area (Å²) in [4.78, 5) is 0. The fraction of sp³-hybridized carbons (Fsp3) is 0.278. The molecule has 3 rings (SSSR count). The smallest absolute Gasteiger partial charge is 0.165 e. The Bertz CT molecular complexity index is 635. The summed E-state index contributed by atoms with van der Waals surface area (Å²) in [5, 5.41) is 10.1. The third kappa shape index (κ3) is 2.93. The van der Waals surface area contributed by atoms with E-state index in [1.807, 2.05) is 18.2 Å². The van der Waals surface area contributed by atoms with E-state index in [2.05, 4.69) is 6.92 Å². The average molecular weight is 285 g/mol. The number of hydrogen-bond acceptors (Lipinski definition) is 2. The lowest BCUT2D eigenvalue weighted by molar-refractivity contribution is 0.179. The van der Waals surface area contributed by atoms with Crippen molar-refractivity contribution in [1.29, 1.82) is 0 Å². The molecule has 1 fully saturated rings. The zero-order valence-corrected chi connectivity index (χ0v) is 11.8. The van der Waals surface area contributed by atoms with Crippen molar-refractivity contribution >= 4 is 0 Å². The number of benzene rings is 2. The minimum absolute atomic E-state index is 0.209. The standard InChI is InChI=1S/C18H18FO2/c1-2-15(20)13-6-5-9-17(18(13)12-10-11-12)21-16-8-4-3-7-14(16)19/h3-9,12,15,20H,1-2,10-11H2. The monoisotopic (exact) mass is 285 g/mol. The molecule has 0 aromatic heterocycles. The number of rotatable bonds is 5. The quantitative estimate of drug-likeness (QED) is 0.858. The first kappa shape index (κ1) is 14.1. The van der Waals surface area contributed by atoms with Crippen molar-refractivity contribution in [3.05, 3.63) is 66.3 Å². The molecule has 21 heavy (non-hydrogen) atoms. The predicted octanol–water partition coefficient (Wildman–Crippen LogP) is 4.75. The second-order valence-corrected chi connectivity index (χ2v) is 5.37. The molecule has 2 aromatic carbocycles. The zero-order valence-electron chi connectivity index (χ0n) is 11.8. The van der Waals surface area contributed by atoms with Crippen LogP contribution in [0.3, 0.4) is 0 Å². The van der Waals surface area contributed by atoms with E-state index in [0.29, 0.717) is 18.1 Å². The Morgan fingerprint density at radius 2 is 1.86 bits per heavy atom. The fourth-order valence-electron chi connectivity index (χ4n) is 2.55. The van der Waals surface area contributed by atoms with E-state index >= 15 is 0 Å². The number of halogens is 1. The van der Waals surface area contributed by atoms with Crippen LogP contribution in [-0.2, 0) is 0 Å². The van der Waals surface area contributed by atoms with Crippen molar-refractivity contribution in [3.63, 3.8) is 0 Å². The second kappa shape index (κ2) is 5.86. The Morgan fingerprint density at radius 3 is 2.52 bits per heavy atom. The van der Waals surface area contributed by atoms with E-state index < -0.39 is 6.10 Å². The highest BCUT2D eigenvalue weighted by Gasteiger charge is 2.31. The molecule has 2 nitrogen and oxygen atoms in total. The van der Waals surface area contributed by atoms with Gasteiger partial charge in [0.1, 0.15) is 5.75 Å². The lowest BCUT2D eigenvalue weighted by Crippen LogP contribution is -2.03. The van der Waals surface area contributed by atoms with Crippen LogP contribution in [0.15, 0.2) is 42.5 Å². The normalized spacial score (nSPS) is 15.8. The minimum atomic E-state index is -0.607. The van der Waals surface area contributed by atoms with Crippen LogP contribution in [0.2, 0.25) is 0 Å². The molecule has 3 heteroatoms. The summed E-state index contributed by atoms with van der Waals surface area (Å²) < 4.78 is 19.5. The predicted molar refractivity (Wildman–Crippen MR) is 79.8 cm³/mol. The number of para-hydroxylation sites is 1. The molecule has 0 amide bonds. The van der Waals surface area contributed by atoms with Crippen LogP contribution in [0.4, 0.5) is 4.39 Å². The lowest BCUT2D eigenvalue weighted by Gasteiger charge is -2.18. The third-order valence-corrected chi connectivity index (χ3v) is 3.77. The summed E-state index contributed by atoms with van der Waals surface area (Å²) in [6, 6.07) is 11.9. The van der Waals surface area contributed by atoms with Crippen molar-refractivity contribution in [1.82, 2.24) is 0 Å². The Balaban J connectivity index is 2.00. The van der Waals surface area contributed by atoms with Crippen LogP contribution < -0.4 is 4.74 Å². The molecule has 2 aromatic rings. The summed E-state index contributed by atoms with van der Waals surface area (Å²) in [5.74, 6) is 0.847.